The molecule has 0 aromatic rings. The Morgan fingerprint density at radius 3 is 0.698 bits per heavy atom. The SMILES string of the molecule is C=C.C=C.C=C.C=C.C=C.C=C.CCCCCCCC/C=C\CCCCCCCCOCCCCCCCC/C=C\CCCCCCCC.OCCO. The zero-order chi connectivity index (χ0) is 42.2. The third kappa shape index (κ3) is 106. The molecule has 0 bridgehead atoms. The summed E-state index contributed by atoms with van der Waals surface area (Å²) in [4.78, 5) is 0. The van der Waals surface area contributed by atoms with E-state index < -0.39 is 0 Å². The fourth-order valence-electron chi connectivity index (χ4n) is 5.01. The zero-order valence-electron chi connectivity index (χ0n) is 36.7. The first kappa shape index (κ1) is 68.8. The summed E-state index contributed by atoms with van der Waals surface area (Å²) in [6.45, 7) is 42.3. The monoisotopic (exact) mass is 749 g/mol. The van der Waals surface area contributed by atoms with Crippen LogP contribution >= 0.6 is 0 Å². The second-order valence-corrected chi connectivity index (χ2v) is 11.9. The number of aliphatic hydroxyl groups excluding tert-OH is 2. The quantitative estimate of drug-likeness (QED) is 0.0519. The van der Waals surface area contributed by atoms with Gasteiger partial charge in [0.2, 0.25) is 0 Å². The smallest absolute Gasteiger partial charge is 0.0662 e. The van der Waals surface area contributed by atoms with E-state index >= 15 is 0 Å². The highest BCUT2D eigenvalue weighted by molar-refractivity contribution is 4.82. The Labute approximate surface area is 337 Å². The second kappa shape index (κ2) is 97.9. The first-order valence-corrected chi connectivity index (χ1v) is 21.4. The number of aliphatic hydroxyl groups is 2. The van der Waals surface area contributed by atoms with Gasteiger partial charge in [0.1, 0.15) is 0 Å². The minimum atomic E-state index is -0.125. The van der Waals surface area contributed by atoms with Gasteiger partial charge in [-0.05, 0) is 64.2 Å². The van der Waals surface area contributed by atoms with E-state index in [1.165, 1.54) is 180 Å². The van der Waals surface area contributed by atoms with E-state index in [4.69, 9.17) is 14.9 Å². The minimum absolute atomic E-state index is 0.125. The molecule has 0 saturated heterocycles. The fraction of sp³-hybridized carbons (Fsp3) is 0.680. The van der Waals surface area contributed by atoms with Crippen molar-refractivity contribution in [2.24, 2.45) is 0 Å². The van der Waals surface area contributed by atoms with Crippen molar-refractivity contribution in [1.29, 1.82) is 0 Å². The topological polar surface area (TPSA) is 49.7 Å². The van der Waals surface area contributed by atoms with E-state index in [1.807, 2.05) is 0 Å². The molecule has 0 aliphatic heterocycles. The van der Waals surface area contributed by atoms with Gasteiger partial charge in [-0.1, -0.05) is 154 Å². The predicted octanol–water partition coefficient (Wildman–Crippen LogP) is 16.9. The third-order valence-electron chi connectivity index (χ3n) is 7.70. The molecule has 3 heteroatoms. The largest absolute Gasteiger partial charge is 0.394 e. The number of unbranched alkanes of at least 4 members (excludes halogenated alkanes) is 24. The van der Waals surface area contributed by atoms with Crippen molar-refractivity contribution in [2.75, 3.05) is 26.4 Å². The van der Waals surface area contributed by atoms with E-state index in [2.05, 4.69) is 117 Å². The van der Waals surface area contributed by atoms with Gasteiger partial charge >= 0.3 is 0 Å². The van der Waals surface area contributed by atoms with Gasteiger partial charge in [-0.3, -0.25) is 0 Å². The van der Waals surface area contributed by atoms with Crippen molar-refractivity contribution in [1.82, 2.24) is 0 Å². The summed E-state index contributed by atoms with van der Waals surface area (Å²) < 4.78 is 5.85. The Balaban J connectivity index is -0.000000182. The molecule has 0 aromatic carbocycles. The molecule has 53 heavy (non-hydrogen) atoms. The molecular weight excluding hydrogens is 649 g/mol. The van der Waals surface area contributed by atoms with Gasteiger partial charge in [-0.15, -0.1) is 78.9 Å². The van der Waals surface area contributed by atoms with E-state index in [-0.39, 0.29) is 13.2 Å². The summed E-state index contributed by atoms with van der Waals surface area (Å²) in [7, 11) is 0. The molecule has 3 nitrogen and oxygen atoms in total. The molecule has 2 N–H and O–H groups in total. The van der Waals surface area contributed by atoms with Crippen LogP contribution in [0.4, 0.5) is 0 Å². The molecule has 0 amide bonds. The number of hydrogen-bond acceptors (Lipinski definition) is 3. The Hall–Kier alpha value is -2.20. The molecule has 0 atom stereocenters. The van der Waals surface area contributed by atoms with Crippen molar-refractivity contribution in [3.05, 3.63) is 103 Å². The van der Waals surface area contributed by atoms with E-state index in [0.717, 1.165) is 13.2 Å². The van der Waals surface area contributed by atoms with Gasteiger partial charge in [0.15, 0.2) is 0 Å². The molecule has 0 rings (SSSR count). The molecule has 0 aliphatic carbocycles. The fourth-order valence-corrected chi connectivity index (χ4v) is 5.01. The Kier molecular flexibility index (Phi) is 127. The summed E-state index contributed by atoms with van der Waals surface area (Å²) >= 11 is 0. The van der Waals surface area contributed by atoms with Crippen LogP contribution in [0.15, 0.2) is 103 Å². The molecule has 0 aromatic heterocycles. The van der Waals surface area contributed by atoms with Gasteiger partial charge in [0.05, 0.1) is 13.2 Å². The molecule has 318 valence electrons. The lowest BCUT2D eigenvalue weighted by Gasteiger charge is -2.05. The lowest BCUT2D eigenvalue weighted by Crippen LogP contribution is -1.97. The summed E-state index contributed by atoms with van der Waals surface area (Å²) in [6.07, 6.45) is 48.1. The van der Waals surface area contributed by atoms with Gasteiger partial charge in [-0.2, -0.15) is 0 Å². The Morgan fingerprint density at radius 1 is 0.302 bits per heavy atom. The van der Waals surface area contributed by atoms with Crippen molar-refractivity contribution in [3.63, 3.8) is 0 Å². The molecule has 0 spiro atoms. The summed E-state index contributed by atoms with van der Waals surface area (Å²) in [5, 5.41) is 15.2. The van der Waals surface area contributed by atoms with E-state index in [0.29, 0.717) is 0 Å². The van der Waals surface area contributed by atoms with Crippen LogP contribution in [0, 0.1) is 0 Å². The maximum Gasteiger partial charge on any atom is 0.0662 e. The van der Waals surface area contributed by atoms with Crippen molar-refractivity contribution >= 4 is 0 Å². The van der Waals surface area contributed by atoms with Crippen LogP contribution in [-0.2, 0) is 4.74 Å². The van der Waals surface area contributed by atoms with Crippen molar-refractivity contribution in [2.45, 2.75) is 194 Å². The maximum atomic E-state index is 7.62. The van der Waals surface area contributed by atoms with E-state index in [9.17, 15) is 0 Å². The highest BCUT2D eigenvalue weighted by Gasteiger charge is 1.95. The molecule has 0 heterocycles. The first-order chi connectivity index (χ1) is 26.3. The normalized spacial score (nSPS) is 9.36. The number of hydrogen-bond donors (Lipinski definition) is 2. The first-order valence-electron chi connectivity index (χ1n) is 21.4. The number of ether oxygens (including phenoxy) is 1. The second-order valence-electron chi connectivity index (χ2n) is 11.9. The maximum absolute atomic E-state index is 7.62. The van der Waals surface area contributed by atoms with Crippen LogP contribution in [0.25, 0.3) is 0 Å². The highest BCUT2D eigenvalue weighted by atomic mass is 16.5. The van der Waals surface area contributed by atoms with Crippen LogP contribution < -0.4 is 0 Å². The Bertz CT molecular complexity index is 501. The average Bonchev–Trinajstić information content (AvgIpc) is 3.24. The summed E-state index contributed by atoms with van der Waals surface area (Å²) in [5.41, 5.74) is 0. The molecule has 0 radical (unpaired) electrons. The standard InChI is InChI=1S/C36H70O.C2H6O2.6C2H4/c1-3-5-7-9-11-13-15-17-19-21-23-25-27-29-31-33-35-37-36-34-32-30-28-26-24-22-20-18-16-14-12-10-8-6-4-2;3-1-2-4;6*1-2/h17-20H,3-16,21-36H2,1-2H3;3-4H,1-2H2;6*1-2H2/b19-17-,20-18-;;;;;;;. The summed E-state index contributed by atoms with van der Waals surface area (Å²) in [5.74, 6) is 0. The lowest BCUT2D eigenvalue weighted by atomic mass is 10.1. The Morgan fingerprint density at radius 2 is 0.491 bits per heavy atom. The van der Waals surface area contributed by atoms with Gasteiger partial charge in [0.25, 0.3) is 0 Å². The number of rotatable bonds is 33. The van der Waals surface area contributed by atoms with Crippen molar-refractivity contribution in [3.8, 4) is 0 Å². The molecule has 0 unspecified atom stereocenters. The average molecular weight is 749 g/mol. The van der Waals surface area contributed by atoms with Crippen LogP contribution in [0.5, 0.6) is 0 Å². The summed E-state index contributed by atoms with van der Waals surface area (Å²) in [6, 6.07) is 0. The number of allylic oxidation sites excluding steroid dienone is 4. The molecule has 0 fully saturated rings. The third-order valence-corrected chi connectivity index (χ3v) is 7.70. The van der Waals surface area contributed by atoms with Crippen LogP contribution in [0.3, 0.4) is 0 Å². The minimum Gasteiger partial charge on any atom is -0.394 e. The lowest BCUT2D eigenvalue weighted by molar-refractivity contribution is 0.125. The highest BCUT2D eigenvalue weighted by Crippen LogP contribution is 2.12. The zero-order valence-corrected chi connectivity index (χ0v) is 36.7. The van der Waals surface area contributed by atoms with E-state index in [1.54, 1.807) is 0 Å². The van der Waals surface area contributed by atoms with Crippen LogP contribution in [0.2, 0.25) is 0 Å². The van der Waals surface area contributed by atoms with Crippen LogP contribution in [-0.4, -0.2) is 36.6 Å². The van der Waals surface area contributed by atoms with Gasteiger partial charge in [0, 0.05) is 13.2 Å². The predicted molar refractivity (Wildman–Crippen MR) is 251 cm³/mol. The molecule has 0 saturated carbocycles. The molecular formula is C50H100O3. The van der Waals surface area contributed by atoms with Gasteiger partial charge < -0.3 is 14.9 Å². The van der Waals surface area contributed by atoms with Gasteiger partial charge in [-0.25, -0.2) is 0 Å². The van der Waals surface area contributed by atoms with Crippen LogP contribution in [0.1, 0.15) is 194 Å². The molecule has 0 aliphatic rings. The van der Waals surface area contributed by atoms with Crippen molar-refractivity contribution < 1.29 is 14.9 Å².